The quantitative estimate of drug-likeness (QED) is 0.135. The summed E-state index contributed by atoms with van der Waals surface area (Å²) in [6, 6.07) is 26.9. The first-order chi connectivity index (χ1) is 18.9. The topological polar surface area (TPSA) is 91.4 Å². The Morgan fingerprint density at radius 3 is 1.97 bits per heavy atom. The molecule has 0 radical (unpaired) electrons. The summed E-state index contributed by atoms with van der Waals surface area (Å²) in [5, 5.41) is 13.9. The van der Waals surface area contributed by atoms with Crippen molar-refractivity contribution >= 4 is 54.3 Å². The fourth-order valence-electron chi connectivity index (χ4n) is 3.88. The molecule has 39 heavy (non-hydrogen) atoms. The number of nitro groups is 1. The van der Waals surface area contributed by atoms with E-state index in [-0.39, 0.29) is 5.69 Å². The third-order valence-electron chi connectivity index (χ3n) is 5.71. The highest BCUT2D eigenvalue weighted by Gasteiger charge is 2.19. The Balaban J connectivity index is 0.000000181. The molecule has 200 valence electrons. The molecular weight excluding hydrogens is 628 g/mol. The van der Waals surface area contributed by atoms with Gasteiger partial charge in [0.15, 0.2) is 11.4 Å². The van der Waals surface area contributed by atoms with Gasteiger partial charge in [-0.2, -0.15) is 0 Å². The first kappa shape index (κ1) is 28.1. The minimum Gasteiger partial charge on any atom is -0.487 e. The van der Waals surface area contributed by atoms with Crippen LogP contribution in [0.4, 0.5) is 11.4 Å². The maximum Gasteiger partial charge on any atom is 0.297 e. The monoisotopic (exact) mass is 652 g/mol. The molecule has 1 heterocycles. The van der Waals surface area contributed by atoms with Crippen molar-refractivity contribution in [2.45, 2.75) is 13.2 Å². The zero-order valence-corrected chi connectivity index (χ0v) is 24.5. The van der Waals surface area contributed by atoms with E-state index in [4.69, 9.17) is 9.47 Å². The normalized spacial score (nSPS) is 10.5. The Morgan fingerprint density at radius 2 is 1.41 bits per heavy atom. The van der Waals surface area contributed by atoms with Gasteiger partial charge < -0.3 is 19.4 Å². The number of aromatic nitrogens is 2. The summed E-state index contributed by atoms with van der Waals surface area (Å²) in [5.74, 6) is 1.28. The number of benzene rings is 4. The lowest BCUT2D eigenvalue weighted by Gasteiger charge is -2.12. The minimum atomic E-state index is -0.439. The number of nitrogens with one attached hydrogen (secondary N) is 1. The largest absolute Gasteiger partial charge is 0.487 e. The van der Waals surface area contributed by atoms with Gasteiger partial charge in [0.2, 0.25) is 0 Å². The molecular formula is C29H26Br2N4O4. The standard InChI is InChI=1S/C15H13BrN2O.C14H13BrN2O3/c1-18-10-17-13-7-12(16)8-14(15(13)18)19-9-11-5-3-2-4-6-11;1-16-14-12(17(18)19)7-11(15)8-13(14)20-9-10-5-3-2-4-6-10/h2-8,10H,9H2,1H3;2-8,16H,9H2,1H3. The van der Waals surface area contributed by atoms with Crippen LogP contribution in [0.25, 0.3) is 11.0 Å². The average Bonchev–Trinajstić information content (AvgIpc) is 3.31. The highest BCUT2D eigenvalue weighted by Crippen LogP contribution is 2.38. The minimum absolute atomic E-state index is 0.0232. The molecule has 1 aromatic heterocycles. The van der Waals surface area contributed by atoms with Crippen molar-refractivity contribution in [3.05, 3.63) is 121 Å². The lowest BCUT2D eigenvalue weighted by atomic mass is 10.2. The van der Waals surface area contributed by atoms with Crippen molar-refractivity contribution in [1.29, 1.82) is 0 Å². The molecule has 0 aliphatic heterocycles. The molecule has 0 saturated carbocycles. The smallest absolute Gasteiger partial charge is 0.297 e. The van der Waals surface area contributed by atoms with Gasteiger partial charge in [0, 0.05) is 29.1 Å². The van der Waals surface area contributed by atoms with Crippen LogP contribution >= 0.6 is 31.9 Å². The number of hydrogen-bond donors (Lipinski definition) is 1. The summed E-state index contributed by atoms with van der Waals surface area (Å²) >= 11 is 6.75. The van der Waals surface area contributed by atoms with Gasteiger partial charge in [0.25, 0.3) is 5.69 Å². The van der Waals surface area contributed by atoms with Gasteiger partial charge in [-0.25, -0.2) is 4.98 Å². The molecule has 1 N–H and O–H groups in total. The van der Waals surface area contributed by atoms with Gasteiger partial charge in [-0.15, -0.1) is 0 Å². The molecule has 0 fully saturated rings. The van der Waals surface area contributed by atoms with Gasteiger partial charge in [-0.1, -0.05) is 92.5 Å². The van der Waals surface area contributed by atoms with Crippen LogP contribution in [0.3, 0.4) is 0 Å². The van der Waals surface area contributed by atoms with E-state index in [0.29, 0.717) is 29.1 Å². The van der Waals surface area contributed by atoms with E-state index in [1.807, 2.05) is 72.3 Å². The summed E-state index contributed by atoms with van der Waals surface area (Å²) in [7, 11) is 3.60. The average molecular weight is 654 g/mol. The van der Waals surface area contributed by atoms with Crippen molar-refractivity contribution in [1.82, 2.24) is 9.55 Å². The van der Waals surface area contributed by atoms with E-state index in [2.05, 4.69) is 54.3 Å². The van der Waals surface area contributed by atoms with Crippen molar-refractivity contribution in [2.75, 3.05) is 12.4 Å². The van der Waals surface area contributed by atoms with Gasteiger partial charge in [0.05, 0.1) is 16.8 Å². The van der Waals surface area contributed by atoms with E-state index in [1.165, 1.54) is 6.07 Å². The second-order valence-electron chi connectivity index (χ2n) is 8.48. The Bertz CT molecular complexity index is 1560. The van der Waals surface area contributed by atoms with Gasteiger partial charge in [-0.3, -0.25) is 10.1 Å². The molecule has 0 amide bonds. The Kier molecular flexibility index (Phi) is 9.56. The van der Waals surface area contributed by atoms with Gasteiger partial charge in [-0.05, 0) is 29.3 Å². The zero-order chi connectivity index (χ0) is 27.8. The maximum absolute atomic E-state index is 11.0. The second kappa shape index (κ2) is 13.3. The molecule has 0 unspecified atom stereocenters. The number of hydrogen-bond acceptors (Lipinski definition) is 6. The molecule has 5 aromatic rings. The fraction of sp³-hybridized carbons (Fsp3) is 0.138. The number of aryl methyl sites for hydroxylation is 1. The maximum atomic E-state index is 11.0. The third kappa shape index (κ3) is 7.36. The molecule has 0 aliphatic carbocycles. The predicted octanol–water partition coefficient (Wildman–Crippen LogP) is 7.89. The molecule has 0 atom stereocenters. The number of rotatable bonds is 8. The van der Waals surface area contributed by atoms with E-state index in [0.717, 1.165) is 32.4 Å². The summed E-state index contributed by atoms with van der Waals surface area (Å²) < 4.78 is 15.2. The van der Waals surface area contributed by atoms with E-state index >= 15 is 0 Å². The molecule has 10 heteroatoms. The van der Waals surface area contributed by atoms with Crippen LogP contribution in [0.1, 0.15) is 11.1 Å². The number of nitrogens with zero attached hydrogens (tertiary/aromatic N) is 3. The Labute approximate surface area is 243 Å². The fourth-order valence-corrected chi connectivity index (χ4v) is 4.73. The SMILES string of the molecule is CNc1c(OCc2ccccc2)cc(Br)cc1[N+](=O)[O-].Cn1cnc2cc(Br)cc(OCc3ccccc3)c21. The molecule has 0 aliphatic rings. The first-order valence-corrected chi connectivity index (χ1v) is 13.5. The van der Waals surface area contributed by atoms with Gasteiger partial charge >= 0.3 is 0 Å². The highest BCUT2D eigenvalue weighted by molar-refractivity contribution is 9.10. The molecule has 0 spiro atoms. The molecule has 0 bridgehead atoms. The number of nitro benzene ring substituents is 1. The van der Waals surface area contributed by atoms with Crippen molar-refractivity contribution in [3.8, 4) is 11.5 Å². The van der Waals surface area contributed by atoms with Crippen LogP contribution in [0.15, 0.2) is 100 Å². The van der Waals surface area contributed by atoms with Crippen LogP contribution in [0.2, 0.25) is 0 Å². The number of halogens is 2. The lowest BCUT2D eigenvalue weighted by molar-refractivity contribution is -0.384. The van der Waals surface area contributed by atoms with Crippen LogP contribution in [0.5, 0.6) is 11.5 Å². The Morgan fingerprint density at radius 1 is 0.872 bits per heavy atom. The van der Waals surface area contributed by atoms with Crippen LogP contribution in [-0.2, 0) is 20.3 Å². The van der Waals surface area contributed by atoms with Crippen LogP contribution < -0.4 is 14.8 Å². The predicted molar refractivity (Wildman–Crippen MR) is 160 cm³/mol. The summed E-state index contributed by atoms with van der Waals surface area (Å²) in [6.07, 6.45) is 1.80. The zero-order valence-electron chi connectivity index (χ0n) is 21.3. The van der Waals surface area contributed by atoms with E-state index < -0.39 is 4.92 Å². The second-order valence-corrected chi connectivity index (χ2v) is 10.3. The third-order valence-corrected chi connectivity index (χ3v) is 6.63. The molecule has 0 saturated heterocycles. The lowest BCUT2D eigenvalue weighted by Crippen LogP contribution is -2.02. The number of anilines is 1. The van der Waals surface area contributed by atoms with Crippen LogP contribution in [0, 0.1) is 10.1 Å². The summed E-state index contributed by atoms with van der Waals surface area (Å²) in [6.45, 7) is 0.903. The first-order valence-electron chi connectivity index (χ1n) is 12.0. The molecule has 4 aromatic carbocycles. The number of imidazole rings is 1. The summed E-state index contributed by atoms with van der Waals surface area (Å²) in [5.41, 5.74) is 4.44. The van der Waals surface area contributed by atoms with Crippen molar-refractivity contribution in [3.63, 3.8) is 0 Å². The van der Waals surface area contributed by atoms with E-state index in [1.54, 1.807) is 19.4 Å². The van der Waals surface area contributed by atoms with E-state index in [9.17, 15) is 10.1 Å². The van der Waals surface area contributed by atoms with Crippen molar-refractivity contribution in [2.24, 2.45) is 7.05 Å². The molecule has 5 rings (SSSR count). The van der Waals surface area contributed by atoms with Crippen molar-refractivity contribution < 1.29 is 14.4 Å². The highest BCUT2D eigenvalue weighted by atomic mass is 79.9. The summed E-state index contributed by atoms with van der Waals surface area (Å²) in [4.78, 5) is 15.0. The van der Waals surface area contributed by atoms with Crippen LogP contribution in [-0.4, -0.2) is 21.5 Å². The van der Waals surface area contributed by atoms with Gasteiger partial charge in [0.1, 0.15) is 24.5 Å². The Hall–Kier alpha value is -3.89. The molecule has 8 nitrogen and oxygen atoms in total. The number of ether oxygens (including phenoxy) is 2. The number of fused-ring (bicyclic) bond motifs is 1.